The lowest BCUT2D eigenvalue weighted by molar-refractivity contribution is -0.215. The van der Waals surface area contributed by atoms with Crippen LogP contribution < -0.4 is 0 Å². The van der Waals surface area contributed by atoms with Gasteiger partial charge in [0.1, 0.15) is 12.7 Å². The van der Waals surface area contributed by atoms with Crippen LogP contribution >= 0.6 is 0 Å². The summed E-state index contributed by atoms with van der Waals surface area (Å²) >= 11 is 0. The van der Waals surface area contributed by atoms with Crippen LogP contribution in [0.2, 0.25) is 0 Å². The van der Waals surface area contributed by atoms with Crippen molar-refractivity contribution in [2.24, 2.45) is 16.7 Å². The quantitative estimate of drug-likeness (QED) is 0.848. The first-order chi connectivity index (χ1) is 9.49. The zero-order valence-corrected chi connectivity index (χ0v) is 12.6. The average molecular weight is 275 g/mol. The average Bonchev–Trinajstić information content (AvgIpc) is 2.76. The maximum atomic E-state index is 6.47. The highest BCUT2D eigenvalue weighted by Gasteiger charge is 2.60. The molecule has 4 nitrogen and oxygen atoms in total. The van der Waals surface area contributed by atoms with Crippen molar-refractivity contribution in [3.05, 3.63) is 12.7 Å². The Morgan fingerprint density at radius 3 is 2.30 bits per heavy atom. The highest BCUT2D eigenvalue weighted by Crippen LogP contribution is 2.67. The number of hydrogen-bond donors (Lipinski definition) is 0. The lowest BCUT2D eigenvalue weighted by atomic mass is 9.43. The van der Waals surface area contributed by atoms with E-state index in [1.54, 1.807) is 12.7 Å². The Morgan fingerprint density at radius 1 is 1.05 bits per heavy atom. The summed E-state index contributed by atoms with van der Waals surface area (Å²) in [4.78, 5) is 0. The summed E-state index contributed by atoms with van der Waals surface area (Å²) in [6, 6.07) is 0. The third-order valence-corrected chi connectivity index (χ3v) is 5.80. The van der Waals surface area contributed by atoms with E-state index >= 15 is 0 Å². The van der Waals surface area contributed by atoms with Crippen LogP contribution in [0.15, 0.2) is 12.7 Å². The number of hydrogen-bond acceptors (Lipinski definition) is 3. The molecular weight excluding hydrogens is 250 g/mol. The Kier molecular flexibility index (Phi) is 2.60. The Morgan fingerprint density at radius 2 is 1.70 bits per heavy atom. The van der Waals surface area contributed by atoms with Gasteiger partial charge in [-0.05, 0) is 55.3 Å². The molecule has 0 saturated heterocycles. The monoisotopic (exact) mass is 275 g/mol. The van der Waals surface area contributed by atoms with Crippen LogP contribution in [0.3, 0.4) is 0 Å². The van der Waals surface area contributed by atoms with Gasteiger partial charge in [0.2, 0.25) is 0 Å². The summed E-state index contributed by atoms with van der Waals surface area (Å²) in [5.41, 5.74) is 1.23. The van der Waals surface area contributed by atoms with Crippen molar-refractivity contribution in [3.8, 4) is 0 Å². The van der Waals surface area contributed by atoms with Gasteiger partial charge < -0.3 is 9.30 Å². The Labute approximate surface area is 120 Å². The molecule has 0 N–H and O–H groups in total. The van der Waals surface area contributed by atoms with E-state index in [2.05, 4.69) is 24.0 Å². The van der Waals surface area contributed by atoms with Gasteiger partial charge in [-0.25, -0.2) is 0 Å². The third-order valence-electron chi connectivity index (χ3n) is 5.80. The van der Waals surface area contributed by atoms with Gasteiger partial charge in [-0.1, -0.05) is 13.8 Å². The zero-order chi connectivity index (χ0) is 13.8. The molecule has 110 valence electrons. The number of ether oxygens (including phenoxy) is 1. The fourth-order valence-electron chi connectivity index (χ4n) is 6.21. The second-order valence-corrected chi connectivity index (χ2v) is 8.36. The topological polar surface area (TPSA) is 39.9 Å². The van der Waals surface area contributed by atoms with E-state index in [0.29, 0.717) is 10.8 Å². The van der Waals surface area contributed by atoms with Crippen molar-refractivity contribution in [1.29, 1.82) is 0 Å². The SMILES string of the molecule is C[C@]12CC3CC(OCCn4cnnc4)(C1)C[C@](C)(C3)C2. The van der Waals surface area contributed by atoms with Crippen molar-refractivity contribution in [2.45, 2.75) is 64.5 Å². The van der Waals surface area contributed by atoms with Gasteiger partial charge in [-0.15, -0.1) is 10.2 Å². The summed E-state index contributed by atoms with van der Waals surface area (Å²) in [6.45, 7) is 6.64. The van der Waals surface area contributed by atoms with Gasteiger partial charge in [-0.2, -0.15) is 0 Å². The molecule has 20 heavy (non-hydrogen) atoms. The number of nitrogens with zero attached hydrogens (tertiary/aromatic N) is 3. The predicted molar refractivity (Wildman–Crippen MR) is 76.1 cm³/mol. The Hall–Kier alpha value is -0.900. The molecule has 0 aliphatic heterocycles. The normalized spacial score (nSPS) is 46.0. The van der Waals surface area contributed by atoms with Gasteiger partial charge in [0.15, 0.2) is 0 Å². The number of rotatable bonds is 4. The highest BCUT2D eigenvalue weighted by atomic mass is 16.5. The zero-order valence-electron chi connectivity index (χ0n) is 12.6. The van der Waals surface area contributed by atoms with Crippen LogP contribution in [-0.4, -0.2) is 27.0 Å². The van der Waals surface area contributed by atoms with Crippen molar-refractivity contribution in [2.75, 3.05) is 6.61 Å². The largest absolute Gasteiger partial charge is 0.373 e. The fraction of sp³-hybridized carbons (Fsp3) is 0.875. The van der Waals surface area contributed by atoms with Crippen LogP contribution in [0, 0.1) is 16.7 Å². The molecule has 4 heteroatoms. The molecule has 4 bridgehead atoms. The summed E-state index contributed by atoms with van der Waals surface area (Å²) in [5.74, 6) is 0.899. The van der Waals surface area contributed by atoms with E-state index in [9.17, 15) is 0 Å². The van der Waals surface area contributed by atoms with E-state index in [4.69, 9.17) is 4.74 Å². The fourth-order valence-corrected chi connectivity index (χ4v) is 6.21. The third kappa shape index (κ3) is 2.09. The van der Waals surface area contributed by atoms with Gasteiger partial charge in [-0.3, -0.25) is 0 Å². The molecule has 0 amide bonds. The maximum Gasteiger partial charge on any atom is 0.119 e. The highest BCUT2D eigenvalue weighted by molar-refractivity contribution is 5.11. The molecule has 2 atom stereocenters. The van der Waals surface area contributed by atoms with Gasteiger partial charge in [0.05, 0.1) is 12.2 Å². The maximum absolute atomic E-state index is 6.47. The second kappa shape index (κ2) is 4.06. The minimum atomic E-state index is 0.164. The summed E-state index contributed by atoms with van der Waals surface area (Å²) in [6.07, 6.45) is 11.6. The van der Waals surface area contributed by atoms with Gasteiger partial charge >= 0.3 is 0 Å². The van der Waals surface area contributed by atoms with Gasteiger partial charge in [0.25, 0.3) is 0 Å². The van der Waals surface area contributed by atoms with Crippen LogP contribution in [-0.2, 0) is 11.3 Å². The van der Waals surface area contributed by atoms with Gasteiger partial charge in [0, 0.05) is 6.54 Å². The molecule has 1 aromatic heterocycles. The molecule has 0 spiro atoms. The predicted octanol–water partition coefficient (Wildman–Crippen LogP) is 3.04. The molecule has 0 unspecified atom stereocenters. The molecule has 4 aliphatic rings. The second-order valence-electron chi connectivity index (χ2n) is 8.36. The molecule has 4 aliphatic carbocycles. The van der Waals surface area contributed by atoms with Crippen LogP contribution in [0.4, 0.5) is 0 Å². The molecule has 0 radical (unpaired) electrons. The first-order valence-electron chi connectivity index (χ1n) is 7.95. The Bertz CT molecular complexity index is 480. The van der Waals surface area contributed by atoms with E-state index in [0.717, 1.165) is 19.1 Å². The summed E-state index contributed by atoms with van der Waals surface area (Å²) in [7, 11) is 0. The minimum absolute atomic E-state index is 0.164. The van der Waals surface area contributed by atoms with Crippen molar-refractivity contribution in [1.82, 2.24) is 14.8 Å². The first kappa shape index (κ1) is 12.8. The van der Waals surface area contributed by atoms with E-state index in [1.165, 1.54) is 38.5 Å². The van der Waals surface area contributed by atoms with E-state index in [-0.39, 0.29) is 5.60 Å². The first-order valence-corrected chi connectivity index (χ1v) is 7.95. The number of aromatic nitrogens is 3. The van der Waals surface area contributed by atoms with Crippen LogP contribution in [0.25, 0.3) is 0 Å². The minimum Gasteiger partial charge on any atom is -0.373 e. The van der Waals surface area contributed by atoms with Crippen molar-refractivity contribution >= 4 is 0 Å². The molecule has 0 aromatic carbocycles. The lowest BCUT2D eigenvalue weighted by Crippen LogP contribution is -2.59. The molecule has 1 aromatic rings. The molecule has 4 fully saturated rings. The molecular formula is C16H25N3O. The lowest BCUT2D eigenvalue weighted by Gasteiger charge is -2.65. The molecule has 1 heterocycles. The standard InChI is InChI=1S/C16H25N3O/c1-14-5-13-6-15(2,8-14)10-16(7-13,9-14)20-4-3-19-11-17-18-12-19/h11-13H,3-10H2,1-2H3/t13?,14-,15-,16?/m1/s1. The van der Waals surface area contributed by atoms with Crippen LogP contribution in [0.1, 0.15) is 52.4 Å². The molecule has 5 rings (SSSR count). The summed E-state index contributed by atoms with van der Waals surface area (Å²) in [5, 5.41) is 7.69. The van der Waals surface area contributed by atoms with Crippen LogP contribution in [0.5, 0.6) is 0 Å². The smallest absolute Gasteiger partial charge is 0.119 e. The molecule has 4 saturated carbocycles. The van der Waals surface area contributed by atoms with E-state index < -0.39 is 0 Å². The summed E-state index contributed by atoms with van der Waals surface area (Å²) < 4.78 is 8.47. The van der Waals surface area contributed by atoms with E-state index in [1.807, 2.05) is 4.57 Å². The van der Waals surface area contributed by atoms with Crippen molar-refractivity contribution < 1.29 is 4.74 Å². The van der Waals surface area contributed by atoms with Crippen molar-refractivity contribution in [3.63, 3.8) is 0 Å². The Balaban J connectivity index is 1.47.